The van der Waals surface area contributed by atoms with Crippen molar-refractivity contribution in [1.82, 2.24) is 4.98 Å². The largest absolute Gasteiger partial charge is 0.481 e. The molecule has 1 N–H and O–H groups in total. The van der Waals surface area contributed by atoms with Gasteiger partial charge < -0.3 is 4.74 Å². The van der Waals surface area contributed by atoms with Crippen LogP contribution in [0.3, 0.4) is 0 Å². The summed E-state index contributed by atoms with van der Waals surface area (Å²) < 4.78 is 32.8. The highest BCUT2D eigenvalue weighted by atomic mass is 32.2. The van der Waals surface area contributed by atoms with Crippen LogP contribution in [0.25, 0.3) is 11.1 Å². The monoisotopic (exact) mass is 379 g/mol. The van der Waals surface area contributed by atoms with Crippen LogP contribution in [0.5, 0.6) is 5.88 Å². The number of hydrogen-bond donors (Lipinski definition) is 1. The van der Waals surface area contributed by atoms with Gasteiger partial charge in [0, 0.05) is 11.8 Å². The van der Waals surface area contributed by atoms with E-state index in [1.54, 1.807) is 24.3 Å². The summed E-state index contributed by atoms with van der Waals surface area (Å²) in [7, 11) is -2.31. The van der Waals surface area contributed by atoms with E-state index in [1.165, 1.54) is 25.4 Å². The van der Waals surface area contributed by atoms with Crippen molar-refractivity contribution in [1.29, 1.82) is 5.26 Å². The van der Waals surface area contributed by atoms with Crippen LogP contribution in [0, 0.1) is 18.3 Å². The van der Waals surface area contributed by atoms with Crippen molar-refractivity contribution in [3.05, 3.63) is 71.9 Å². The van der Waals surface area contributed by atoms with Crippen molar-refractivity contribution in [2.75, 3.05) is 11.8 Å². The second kappa shape index (κ2) is 7.48. The third-order valence-electron chi connectivity index (χ3n) is 3.91. The number of aromatic nitrogens is 1. The van der Waals surface area contributed by atoms with Crippen LogP contribution in [0.15, 0.2) is 65.7 Å². The average molecular weight is 379 g/mol. The van der Waals surface area contributed by atoms with Gasteiger partial charge in [-0.3, -0.25) is 4.72 Å². The van der Waals surface area contributed by atoms with Gasteiger partial charge >= 0.3 is 0 Å². The zero-order chi connectivity index (χ0) is 19.4. The number of hydrogen-bond acceptors (Lipinski definition) is 5. The van der Waals surface area contributed by atoms with Crippen LogP contribution in [0.2, 0.25) is 0 Å². The molecule has 1 heterocycles. The maximum absolute atomic E-state index is 12.6. The Bertz CT molecular complexity index is 1100. The molecule has 7 heteroatoms. The summed E-state index contributed by atoms with van der Waals surface area (Å²) in [4.78, 5) is 3.98. The fraction of sp³-hybridized carbons (Fsp3) is 0.100. The first kappa shape index (κ1) is 18.4. The lowest BCUT2D eigenvalue weighted by Gasteiger charge is -2.11. The Morgan fingerprint density at radius 3 is 2.37 bits per heavy atom. The first-order valence-corrected chi connectivity index (χ1v) is 9.55. The van der Waals surface area contributed by atoms with E-state index in [1.807, 2.05) is 25.1 Å². The molecule has 0 aliphatic heterocycles. The van der Waals surface area contributed by atoms with Crippen LogP contribution < -0.4 is 9.46 Å². The number of methoxy groups -OCH3 is 1. The molecule has 27 heavy (non-hydrogen) atoms. The smallest absolute Gasteiger partial charge is 0.263 e. The number of ether oxygens (including phenoxy) is 1. The molecular formula is C20H17N3O3S. The maximum atomic E-state index is 12.6. The van der Waals surface area contributed by atoms with Crippen molar-refractivity contribution in [3.8, 4) is 23.1 Å². The fourth-order valence-corrected chi connectivity index (χ4v) is 3.59. The van der Waals surface area contributed by atoms with Gasteiger partial charge in [0.1, 0.15) is 4.90 Å². The van der Waals surface area contributed by atoms with E-state index in [2.05, 4.69) is 15.8 Å². The first-order chi connectivity index (χ1) is 12.9. The van der Waals surface area contributed by atoms with Gasteiger partial charge in [0.15, 0.2) is 0 Å². The Balaban J connectivity index is 1.92. The molecule has 0 bridgehead atoms. The zero-order valence-corrected chi connectivity index (χ0v) is 15.6. The number of pyridine rings is 1. The van der Waals surface area contributed by atoms with E-state index < -0.39 is 10.0 Å². The summed E-state index contributed by atoms with van der Waals surface area (Å²) in [6, 6.07) is 17.6. The molecule has 1 aromatic heterocycles. The van der Waals surface area contributed by atoms with E-state index in [0.29, 0.717) is 17.1 Å². The minimum Gasteiger partial charge on any atom is -0.481 e. The van der Waals surface area contributed by atoms with Gasteiger partial charge in [0.2, 0.25) is 5.88 Å². The molecule has 0 aliphatic carbocycles. The number of rotatable bonds is 5. The highest BCUT2D eigenvalue weighted by Gasteiger charge is 2.15. The van der Waals surface area contributed by atoms with Gasteiger partial charge in [0.25, 0.3) is 10.0 Å². The van der Waals surface area contributed by atoms with Crippen LogP contribution in [-0.4, -0.2) is 20.5 Å². The molecule has 3 rings (SSSR count). The SMILES string of the molecule is COc1ccc(S(=O)(=O)Nc2cc(C)cc(-c3ccc(C#N)cc3)c2)cn1. The highest BCUT2D eigenvalue weighted by Crippen LogP contribution is 2.26. The zero-order valence-electron chi connectivity index (χ0n) is 14.8. The van der Waals surface area contributed by atoms with Gasteiger partial charge in [-0.2, -0.15) is 5.26 Å². The standard InChI is InChI=1S/C20H17N3O3S/c1-14-9-17(16-5-3-15(12-21)4-6-16)11-18(10-14)23-27(24,25)19-7-8-20(26-2)22-13-19/h3-11,13,23H,1-2H3. The average Bonchev–Trinajstić information content (AvgIpc) is 2.67. The summed E-state index contributed by atoms with van der Waals surface area (Å²) in [5.74, 6) is 0.340. The summed E-state index contributed by atoms with van der Waals surface area (Å²) in [5, 5.41) is 8.92. The fourth-order valence-electron chi connectivity index (χ4n) is 2.61. The van der Waals surface area contributed by atoms with Crippen molar-refractivity contribution in [2.45, 2.75) is 11.8 Å². The van der Waals surface area contributed by atoms with Crippen molar-refractivity contribution in [3.63, 3.8) is 0 Å². The third-order valence-corrected chi connectivity index (χ3v) is 5.27. The lowest BCUT2D eigenvalue weighted by molar-refractivity contribution is 0.397. The molecule has 0 saturated heterocycles. The molecule has 0 atom stereocenters. The minimum atomic E-state index is -3.78. The van der Waals surface area contributed by atoms with Gasteiger partial charge in [0.05, 0.1) is 24.9 Å². The maximum Gasteiger partial charge on any atom is 0.263 e. The first-order valence-electron chi connectivity index (χ1n) is 8.06. The van der Waals surface area contributed by atoms with Gasteiger partial charge in [-0.05, 0) is 53.9 Å². The summed E-state index contributed by atoms with van der Waals surface area (Å²) in [6.45, 7) is 1.89. The number of sulfonamides is 1. The molecule has 0 fully saturated rings. The molecule has 136 valence electrons. The van der Waals surface area contributed by atoms with E-state index in [-0.39, 0.29) is 4.90 Å². The quantitative estimate of drug-likeness (QED) is 0.729. The topological polar surface area (TPSA) is 92.1 Å². The highest BCUT2D eigenvalue weighted by molar-refractivity contribution is 7.92. The van der Waals surface area contributed by atoms with E-state index in [4.69, 9.17) is 10.00 Å². The van der Waals surface area contributed by atoms with E-state index >= 15 is 0 Å². The number of aryl methyl sites for hydroxylation is 1. The number of anilines is 1. The molecule has 0 amide bonds. The second-order valence-electron chi connectivity index (χ2n) is 5.92. The molecule has 0 spiro atoms. The number of nitriles is 1. The Kier molecular flexibility index (Phi) is 5.10. The number of benzene rings is 2. The molecule has 0 aliphatic rings. The van der Waals surface area contributed by atoms with E-state index in [9.17, 15) is 8.42 Å². The Labute approximate surface area is 158 Å². The molecule has 0 saturated carbocycles. The van der Waals surface area contributed by atoms with Crippen LogP contribution in [-0.2, 0) is 10.0 Å². The summed E-state index contributed by atoms with van der Waals surface area (Å²) in [6.07, 6.45) is 1.25. The second-order valence-corrected chi connectivity index (χ2v) is 7.60. The molecule has 0 radical (unpaired) electrons. The number of nitrogens with one attached hydrogen (secondary N) is 1. The predicted molar refractivity (Wildman–Crippen MR) is 103 cm³/mol. The summed E-state index contributed by atoms with van der Waals surface area (Å²) >= 11 is 0. The lowest BCUT2D eigenvalue weighted by Crippen LogP contribution is -2.13. The van der Waals surface area contributed by atoms with Crippen LogP contribution >= 0.6 is 0 Å². The Hall–Kier alpha value is -3.37. The molecule has 0 unspecified atom stereocenters. The predicted octanol–water partition coefficient (Wildman–Crippen LogP) is 3.74. The van der Waals surface area contributed by atoms with Crippen molar-refractivity contribution in [2.24, 2.45) is 0 Å². The normalized spacial score (nSPS) is 10.9. The Morgan fingerprint density at radius 2 is 1.78 bits per heavy atom. The van der Waals surface area contributed by atoms with Gasteiger partial charge in [-0.25, -0.2) is 13.4 Å². The van der Waals surface area contributed by atoms with Gasteiger partial charge in [-0.1, -0.05) is 18.2 Å². The number of nitrogens with zero attached hydrogens (tertiary/aromatic N) is 2. The van der Waals surface area contributed by atoms with Gasteiger partial charge in [-0.15, -0.1) is 0 Å². The lowest BCUT2D eigenvalue weighted by atomic mass is 10.0. The Morgan fingerprint density at radius 1 is 1.04 bits per heavy atom. The van der Waals surface area contributed by atoms with Crippen molar-refractivity contribution >= 4 is 15.7 Å². The van der Waals surface area contributed by atoms with E-state index in [0.717, 1.165) is 16.7 Å². The minimum absolute atomic E-state index is 0.0460. The van der Waals surface area contributed by atoms with Crippen LogP contribution in [0.1, 0.15) is 11.1 Å². The molecule has 2 aromatic carbocycles. The molecule has 6 nitrogen and oxygen atoms in total. The van der Waals surface area contributed by atoms with Crippen LogP contribution in [0.4, 0.5) is 5.69 Å². The summed E-state index contributed by atoms with van der Waals surface area (Å²) in [5.41, 5.74) is 3.67. The third kappa shape index (κ3) is 4.25. The molecule has 3 aromatic rings. The van der Waals surface area contributed by atoms with Crippen molar-refractivity contribution < 1.29 is 13.2 Å². The molecular weight excluding hydrogens is 362 g/mol.